The lowest BCUT2D eigenvalue weighted by Gasteiger charge is -2.11. The highest BCUT2D eigenvalue weighted by Gasteiger charge is 2.14. The van der Waals surface area contributed by atoms with Gasteiger partial charge in [-0.1, -0.05) is 23.9 Å². The third-order valence-electron chi connectivity index (χ3n) is 3.36. The maximum Gasteiger partial charge on any atom is 0.313 e. The van der Waals surface area contributed by atoms with Gasteiger partial charge in [-0.05, 0) is 29.1 Å². The van der Waals surface area contributed by atoms with Crippen LogP contribution in [0.1, 0.15) is 5.56 Å². The summed E-state index contributed by atoms with van der Waals surface area (Å²) in [6, 6.07) is 9.15. The summed E-state index contributed by atoms with van der Waals surface area (Å²) in [4.78, 5) is 28.0. The molecule has 3 aromatic rings. The zero-order chi connectivity index (χ0) is 17.1. The van der Waals surface area contributed by atoms with Crippen LogP contribution in [-0.4, -0.2) is 33.5 Å². The van der Waals surface area contributed by atoms with E-state index in [1.54, 1.807) is 13.2 Å². The second kappa shape index (κ2) is 7.06. The fraction of sp³-hybridized carbons (Fsp3) is 0.188. The summed E-state index contributed by atoms with van der Waals surface area (Å²) in [5, 5.41) is 11.1. The van der Waals surface area contributed by atoms with Crippen molar-refractivity contribution in [2.75, 3.05) is 12.9 Å². The Kier molecular flexibility index (Phi) is 4.86. The quantitative estimate of drug-likeness (QED) is 0.536. The molecule has 0 unspecified atom stereocenters. The van der Waals surface area contributed by atoms with Gasteiger partial charge in [-0.15, -0.1) is 11.3 Å². The van der Waals surface area contributed by atoms with Crippen molar-refractivity contribution in [1.29, 1.82) is 0 Å². The molecule has 1 aromatic carbocycles. The summed E-state index contributed by atoms with van der Waals surface area (Å²) in [5.41, 5.74) is 1.36. The monoisotopic (exact) mass is 362 g/mol. The topological polar surface area (TPSA) is 81.4 Å². The Morgan fingerprint density at radius 2 is 2.08 bits per heavy atom. The van der Waals surface area contributed by atoms with Gasteiger partial charge in [0.25, 0.3) is 5.56 Å². The first-order valence-corrected chi connectivity index (χ1v) is 8.90. The molecule has 2 aromatic heterocycles. The largest absolute Gasteiger partial charge is 0.497 e. The summed E-state index contributed by atoms with van der Waals surface area (Å²) in [6.07, 6.45) is 0. The Bertz CT molecular complexity index is 931. The van der Waals surface area contributed by atoms with Crippen molar-refractivity contribution < 1.29 is 14.6 Å². The van der Waals surface area contributed by atoms with Crippen LogP contribution in [0.25, 0.3) is 10.2 Å². The summed E-state index contributed by atoms with van der Waals surface area (Å²) in [5.74, 6) is -0.362. The predicted octanol–water partition coefficient (Wildman–Crippen LogP) is 2.69. The van der Waals surface area contributed by atoms with Crippen molar-refractivity contribution in [2.24, 2.45) is 0 Å². The third kappa shape index (κ3) is 3.44. The van der Waals surface area contributed by atoms with E-state index in [1.165, 1.54) is 15.9 Å². The lowest BCUT2D eigenvalue weighted by molar-refractivity contribution is -0.133. The molecule has 0 aliphatic rings. The molecule has 0 bridgehead atoms. The number of benzene rings is 1. The highest BCUT2D eigenvalue weighted by molar-refractivity contribution is 7.99. The van der Waals surface area contributed by atoms with Crippen LogP contribution >= 0.6 is 23.1 Å². The number of thiophene rings is 1. The van der Waals surface area contributed by atoms with Crippen molar-refractivity contribution in [2.45, 2.75) is 11.7 Å². The van der Waals surface area contributed by atoms with Gasteiger partial charge in [0.05, 0.1) is 24.9 Å². The number of carboxylic acid groups (broad SMARTS) is 1. The van der Waals surface area contributed by atoms with Crippen LogP contribution in [0.5, 0.6) is 5.75 Å². The minimum absolute atomic E-state index is 0.148. The zero-order valence-electron chi connectivity index (χ0n) is 12.8. The van der Waals surface area contributed by atoms with Gasteiger partial charge in [-0.2, -0.15) is 0 Å². The van der Waals surface area contributed by atoms with E-state index in [4.69, 9.17) is 9.84 Å². The number of aromatic nitrogens is 2. The number of carbonyl (C=O) groups is 1. The van der Waals surface area contributed by atoms with Crippen molar-refractivity contribution in [3.63, 3.8) is 0 Å². The molecule has 0 fully saturated rings. The normalized spacial score (nSPS) is 10.9. The Hall–Kier alpha value is -2.32. The molecule has 124 valence electrons. The number of carboxylic acids is 1. The van der Waals surface area contributed by atoms with Crippen molar-refractivity contribution in [1.82, 2.24) is 9.55 Å². The first kappa shape index (κ1) is 16.5. The van der Waals surface area contributed by atoms with Crippen molar-refractivity contribution in [3.8, 4) is 5.75 Å². The number of methoxy groups -OCH3 is 1. The average Bonchev–Trinajstić information content (AvgIpc) is 3.05. The minimum Gasteiger partial charge on any atom is -0.497 e. The van der Waals surface area contributed by atoms with E-state index in [1.807, 2.05) is 29.6 Å². The maximum absolute atomic E-state index is 12.7. The number of thioether (sulfide) groups is 1. The predicted molar refractivity (Wildman–Crippen MR) is 94.3 cm³/mol. The number of hydrogen-bond donors (Lipinski definition) is 1. The fourth-order valence-corrected chi connectivity index (χ4v) is 3.71. The smallest absolute Gasteiger partial charge is 0.313 e. The van der Waals surface area contributed by atoms with E-state index < -0.39 is 5.97 Å². The molecule has 8 heteroatoms. The summed E-state index contributed by atoms with van der Waals surface area (Å²) in [7, 11) is 1.59. The highest BCUT2D eigenvalue weighted by Crippen LogP contribution is 2.22. The second-order valence-electron chi connectivity index (χ2n) is 4.95. The van der Waals surface area contributed by atoms with Gasteiger partial charge in [0.2, 0.25) is 0 Å². The van der Waals surface area contributed by atoms with Gasteiger partial charge in [0.15, 0.2) is 5.16 Å². The van der Waals surface area contributed by atoms with E-state index in [9.17, 15) is 9.59 Å². The van der Waals surface area contributed by atoms with Crippen LogP contribution in [-0.2, 0) is 11.3 Å². The molecular formula is C16H14N2O4S2. The lowest BCUT2D eigenvalue weighted by Crippen LogP contribution is -2.23. The SMILES string of the molecule is COc1ccc(Cn2c(SCC(=O)O)nc3ccsc3c2=O)cc1. The minimum atomic E-state index is -0.948. The van der Waals surface area contributed by atoms with E-state index in [0.29, 0.717) is 21.9 Å². The number of aliphatic carboxylic acids is 1. The van der Waals surface area contributed by atoms with Gasteiger partial charge < -0.3 is 9.84 Å². The molecule has 0 radical (unpaired) electrons. The second-order valence-corrected chi connectivity index (χ2v) is 6.81. The third-order valence-corrected chi connectivity index (χ3v) is 5.21. The molecule has 2 heterocycles. The zero-order valence-corrected chi connectivity index (χ0v) is 14.4. The first-order chi connectivity index (χ1) is 11.6. The van der Waals surface area contributed by atoms with Crippen LogP contribution in [0.15, 0.2) is 45.7 Å². The lowest BCUT2D eigenvalue weighted by atomic mass is 10.2. The molecule has 0 spiro atoms. The van der Waals surface area contributed by atoms with Crippen molar-refractivity contribution in [3.05, 3.63) is 51.6 Å². The van der Waals surface area contributed by atoms with Crippen molar-refractivity contribution >= 4 is 39.3 Å². The van der Waals surface area contributed by atoms with E-state index in [-0.39, 0.29) is 11.3 Å². The van der Waals surface area contributed by atoms with Crippen LogP contribution in [0.3, 0.4) is 0 Å². The van der Waals surface area contributed by atoms with Gasteiger partial charge in [0.1, 0.15) is 10.4 Å². The Labute approximate surface area is 145 Å². The van der Waals surface area contributed by atoms with Gasteiger partial charge in [-0.25, -0.2) is 4.98 Å². The van der Waals surface area contributed by atoms with E-state index >= 15 is 0 Å². The molecule has 0 amide bonds. The first-order valence-electron chi connectivity index (χ1n) is 7.04. The molecule has 0 aliphatic carbocycles. The molecule has 1 N–H and O–H groups in total. The number of rotatable bonds is 6. The van der Waals surface area contributed by atoms with Gasteiger partial charge >= 0.3 is 5.97 Å². The summed E-state index contributed by atoms with van der Waals surface area (Å²) in [6.45, 7) is 0.325. The fourth-order valence-electron chi connectivity index (χ4n) is 2.21. The Morgan fingerprint density at radius 1 is 1.33 bits per heavy atom. The molecule has 0 saturated heterocycles. The number of nitrogens with zero attached hydrogens (tertiary/aromatic N) is 2. The number of hydrogen-bond acceptors (Lipinski definition) is 6. The molecule has 0 saturated carbocycles. The molecule has 24 heavy (non-hydrogen) atoms. The van der Waals surface area contributed by atoms with E-state index in [0.717, 1.165) is 23.1 Å². The maximum atomic E-state index is 12.7. The highest BCUT2D eigenvalue weighted by atomic mass is 32.2. The average molecular weight is 362 g/mol. The molecule has 0 aliphatic heterocycles. The van der Waals surface area contributed by atoms with Crippen LogP contribution in [0.4, 0.5) is 0 Å². The number of ether oxygens (including phenoxy) is 1. The van der Waals surface area contributed by atoms with Gasteiger partial charge in [0, 0.05) is 0 Å². The molecular weight excluding hydrogens is 348 g/mol. The molecule has 0 atom stereocenters. The Morgan fingerprint density at radius 3 is 2.75 bits per heavy atom. The molecule has 6 nitrogen and oxygen atoms in total. The van der Waals surface area contributed by atoms with Gasteiger partial charge in [-0.3, -0.25) is 14.2 Å². The number of fused-ring (bicyclic) bond motifs is 1. The van der Waals surface area contributed by atoms with Crippen LogP contribution in [0.2, 0.25) is 0 Å². The Balaban J connectivity index is 2.02. The summed E-state index contributed by atoms with van der Waals surface area (Å²) >= 11 is 2.38. The molecule has 3 rings (SSSR count). The van der Waals surface area contributed by atoms with Crippen LogP contribution < -0.4 is 10.3 Å². The van der Waals surface area contributed by atoms with Crippen LogP contribution in [0, 0.1) is 0 Å². The summed E-state index contributed by atoms with van der Waals surface area (Å²) < 4.78 is 7.22. The van der Waals surface area contributed by atoms with E-state index in [2.05, 4.69) is 4.98 Å². The standard InChI is InChI=1S/C16H14N2O4S2/c1-22-11-4-2-10(3-5-11)8-18-15(21)14-12(6-7-23-14)17-16(18)24-9-13(19)20/h2-7H,8-9H2,1H3,(H,19,20).